The van der Waals surface area contributed by atoms with Gasteiger partial charge in [0.2, 0.25) is 4.21 Å². The molecule has 0 bridgehead atoms. The number of hydrogen-bond donors (Lipinski definition) is 1. The van der Waals surface area contributed by atoms with Crippen molar-refractivity contribution in [3.05, 3.63) is 10.9 Å². The average Bonchev–Trinajstić information content (AvgIpc) is 2.61. The lowest BCUT2D eigenvalue weighted by molar-refractivity contribution is 0.0961. The summed E-state index contributed by atoms with van der Waals surface area (Å²) < 4.78 is 12.3. The van der Waals surface area contributed by atoms with E-state index in [-0.39, 0.29) is 5.91 Å². The summed E-state index contributed by atoms with van der Waals surface area (Å²) in [4.78, 5) is 12.7. The van der Waals surface area contributed by atoms with Crippen LogP contribution in [0.3, 0.4) is 0 Å². The molecule has 3 nitrogen and oxygen atoms in total. The van der Waals surface area contributed by atoms with E-state index in [1.807, 2.05) is 13.0 Å². The van der Waals surface area contributed by atoms with E-state index in [1.54, 1.807) is 6.26 Å². The van der Waals surface area contributed by atoms with Crippen molar-refractivity contribution in [2.75, 3.05) is 12.8 Å². The van der Waals surface area contributed by atoms with Crippen LogP contribution in [0.1, 0.15) is 16.6 Å². The van der Waals surface area contributed by atoms with Crippen molar-refractivity contribution in [3.63, 3.8) is 0 Å². The molecular weight excluding hydrogens is 270 g/mol. The Morgan fingerprint density at radius 3 is 2.53 bits per heavy atom. The van der Waals surface area contributed by atoms with Gasteiger partial charge in [0.25, 0.3) is 5.91 Å². The topological polar surface area (TPSA) is 52.2 Å². The molecule has 1 aromatic heterocycles. The second kappa shape index (κ2) is 5.56. The van der Waals surface area contributed by atoms with Gasteiger partial charge in [-0.05, 0) is 23.3 Å². The Balaban J connectivity index is 3.22. The van der Waals surface area contributed by atoms with Crippen LogP contribution >= 0.6 is 11.3 Å². The van der Waals surface area contributed by atoms with Crippen molar-refractivity contribution < 1.29 is 9.35 Å². The maximum absolute atomic E-state index is 12.0. The molecule has 0 fully saturated rings. The van der Waals surface area contributed by atoms with Crippen molar-refractivity contribution in [3.8, 4) is 0 Å². The van der Waals surface area contributed by atoms with Gasteiger partial charge in [0.1, 0.15) is 6.26 Å². The molecule has 0 aliphatic rings. The number of carbonyl (C=O) groups is 1. The number of thiophene rings is 1. The van der Waals surface area contributed by atoms with Gasteiger partial charge in [0.15, 0.2) is 0 Å². The number of amides is 1. The van der Waals surface area contributed by atoms with Crippen LogP contribution in [0.25, 0.3) is 0 Å². The van der Waals surface area contributed by atoms with Gasteiger partial charge in [-0.15, -0.1) is 0 Å². The van der Waals surface area contributed by atoms with Gasteiger partial charge in [0, 0.05) is 12.6 Å². The van der Waals surface area contributed by atoms with Gasteiger partial charge >= 0.3 is 0 Å². The lowest BCUT2D eigenvalue weighted by Crippen LogP contribution is -2.41. The molecular formula is C11H19NO2S2Si. The van der Waals surface area contributed by atoms with E-state index >= 15 is 0 Å². The minimum Gasteiger partial charge on any atom is -0.611 e. The summed E-state index contributed by atoms with van der Waals surface area (Å²) >= 11 is 0.352. The van der Waals surface area contributed by atoms with Crippen LogP contribution in [0.15, 0.2) is 10.3 Å². The van der Waals surface area contributed by atoms with Crippen molar-refractivity contribution in [2.45, 2.75) is 30.8 Å². The molecule has 1 atom stereocenters. The van der Waals surface area contributed by atoms with Gasteiger partial charge in [-0.1, -0.05) is 31.0 Å². The van der Waals surface area contributed by atoms with Crippen molar-refractivity contribution in [1.82, 2.24) is 5.32 Å². The zero-order valence-corrected chi connectivity index (χ0v) is 13.6. The van der Waals surface area contributed by atoms with Crippen LogP contribution in [0.4, 0.5) is 0 Å². The van der Waals surface area contributed by atoms with Gasteiger partial charge in [-0.25, -0.2) is 0 Å². The van der Waals surface area contributed by atoms with Crippen molar-refractivity contribution in [1.29, 1.82) is 0 Å². The third-order valence-electron chi connectivity index (χ3n) is 2.34. The Labute approximate surface area is 111 Å². The molecule has 0 spiro atoms. The zero-order valence-electron chi connectivity index (χ0n) is 10.9. The van der Waals surface area contributed by atoms with Crippen LogP contribution < -0.4 is 10.5 Å². The molecule has 6 heteroatoms. The lowest BCUT2D eigenvalue weighted by atomic mass is 10.4. The minimum absolute atomic E-state index is 0.0355. The fraction of sp³-hybridized carbons (Fsp3) is 0.545. The predicted octanol–water partition coefficient (Wildman–Crippen LogP) is 1.78. The van der Waals surface area contributed by atoms with Crippen LogP contribution in [0.2, 0.25) is 19.6 Å². The molecule has 0 aromatic carbocycles. The largest absolute Gasteiger partial charge is 0.611 e. The molecule has 0 aliphatic heterocycles. The quantitative estimate of drug-likeness (QED) is 0.678. The minimum atomic E-state index is -1.58. The molecule has 0 aliphatic carbocycles. The molecule has 0 radical (unpaired) electrons. The third kappa shape index (κ3) is 3.58. The molecule has 1 amide bonds. The van der Waals surface area contributed by atoms with Crippen LogP contribution in [-0.2, 0) is 11.2 Å². The molecule has 17 heavy (non-hydrogen) atoms. The van der Waals surface area contributed by atoms with E-state index in [1.165, 1.54) is 11.3 Å². The SMILES string of the molecule is CCNC(=O)c1sc([S+](C)[O-])cc1[Si](C)(C)C. The highest BCUT2D eigenvalue weighted by atomic mass is 32.2. The van der Waals surface area contributed by atoms with E-state index in [2.05, 4.69) is 25.0 Å². The first-order valence-electron chi connectivity index (χ1n) is 5.53. The number of nitrogens with one attached hydrogen (secondary N) is 1. The first kappa shape index (κ1) is 14.8. The Hall–Kier alpha value is -0.303. The Bertz CT molecular complexity index is 410. The van der Waals surface area contributed by atoms with E-state index in [9.17, 15) is 9.35 Å². The molecule has 1 rings (SSSR count). The fourth-order valence-electron chi connectivity index (χ4n) is 1.48. The number of carbonyl (C=O) groups excluding carboxylic acids is 1. The van der Waals surface area contributed by atoms with Gasteiger partial charge in [-0.2, -0.15) is 0 Å². The zero-order chi connectivity index (χ0) is 13.2. The van der Waals surface area contributed by atoms with Gasteiger partial charge in [-0.3, -0.25) is 4.79 Å². The highest BCUT2D eigenvalue weighted by Gasteiger charge is 2.28. The van der Waals surface area contributed by atoms with E-state index < -0.39 is 19.2 Å². The van der Waals surface area contributed by atoms with E-state index in [4.69, 9.17) is 0 Å². The highest BCUT2D eigenvalue weighted by molar-refractivity contribution is 7.92. The normalized spacial score (nSPS) is 13.5. The summed E-state index contributed by atoms with van der Waals surface area (Å²) in [5.41, 5.74) is 0. The maximum atomic E-state index is 12.0. The molecule has 1 N–H and O–H groups in total. The smallest absolute Gasteiger partial charge is 0.261 e. The van der Waals surface area contributed by atoms with Gasteiger partial charge in [0.05, 0.1) is 13.0 Å². The molecule has 1 heterocycles. The lowest BCUT2D eigenvalue weighted by Gasteiger charge is -2.16. The molecule has 0 saturated carbocycles. The van der Waals surface area contributed by atoms with Crippen LogP contribution in [-0.4, -0.2) is 31.3 Å². The highest BCUT2D eigenvalue weighted by Crippen LogP contribution is 2.23. The second-order valence-electron chi connectivity index (χ2n) is 4.87. The first-order chi connectivity index (χ1) is 7.77. The monoisotopic (exact) mass is 289 g/mol. The average molecular weight is 289 g/mol. The molecule has 96 valence electrons. The molecule has 0 saturated heterocycles. The molecule has 1 unspecified atom stereocenters. The Kier molecular flexibility index (Phi) is 4.83. The second-order valence-corrected chi connectivity index (χ2v) is 12.6. The Morgan fingerprint density at radius 1 is 1.53 bits per heavy atom. The standard InChI is InChI=1S/C11H19NO2S2Si/c1-6-12-11(13)10-8(17(3,4)5)7-9(15-10)16(2)14/h7H,6H2,1-5H3,(H,12,13). The fourth-order valence-corrected chi connectivity index (χ4v) is 5.84. The summed E-state index contributed by atoms with van der Waals surface area (Å²) in [6.07, 6.45) is 1.65. The number of hydrogen-bond acceptors (Lipinski definition) is 3. The summed E-state index contributed by atoms with van der Waals surface area (Å²) in [5.74, 6) is -0.0355. The van der Waals surface area contributed by atoms with E-state index in [0.717, 1.165) is 14.3 Å². The van der Waals surface area contributed by atoms with Crippen LogP contribution in [0.5, 0.6) is 0 Å². The van der Waals surface area contributed by atoms with Crippen LogP contribution in [0, 0.1) is 0 Å². The first-order valence-corrected chi connectivity index (χ1v) is 11.4. The van der Waals surface area contributed by atoms with Crippen molar-refractivity contribution >= 4 is 41.7 Å². The van der Waals surface area contributed by atoms with Crippen molar-refractivity contribution in [2.24, 2.45) is 0 Å². The summed E-state index contributed by atoms with van der Waals surface area (Å²) in [7, 11) is -1.58. The van der Waals surface area contributed by atoms with Gasteiger partial charge < -0.3 is 9.87 Å². The summed E-state index contributed by atoms with van der Waals surface area (Å²) in [5, 5.41) is 3.93. The van der Waals surface area contributed by atoms with E-state index in [0.29, 0.717) is 6.54 Å². The maximum Gasteiger partial charge on any atom is 0.261 e. The molecule has 1 aromatic rings. The third-order valence-corrected chi connectivity index (χ3v) is 7.10. The Morgan fingerprint density at radius 2 is 2.12 bits per heavy atom. The predicted molar refractivity (Wildman–Crippen MR) is 77.6 cm³/mol. The summed E-state index contributed by atoms with van der Waals surface area (Å²) in [6.45, 7) is 9.10. The number of rotatable bonds is 4. The summed E-state index contributed by atoms with van der Waals surface area (Å²) in [6, 6.07) is 1.96.